The lowest BCUT2D eigenvalue weighted by atomic mass is 9.94. The first-order valence-electron chi connectivity index (χ1n) is 7.07. The molecule has 0 aromatic rings. The van der Waals surface area contributed by atoms with E-state index in [4.69, 9.17) is 5.11 Å². The van der Waals surface area contributed by atoms with Crippen LogP contribution in [0.15, 0.2) is 23.0 Å². The van der Waals surface area contributed by atoms with E-state index in [0.29, 0.717) is 4.90 Å². The van der Waals surface area contributed by atoms with Crippen molar-refractivity contribution in [1.82, 2.24) is 4.90 Å². The van der Waals surface area contributed by atoms with E-state index in [0.717, 1.165) is 25.7 Å². The first-order valence-corrected chi connectivity index (χ1v) is 7.07. The van der Waals surface area contributed by atoms with E-state index in [1.54, 1.807) is 6.08 Å². The summed E-state index contributed by atoms with van der Waals surface area (Å²) in [5.74, 6) is -2.95. The third kappa shape index (κ3) is 3.08. The Balaban J connectivity index is 2.44. The van der Waals surface area contributed by atoms with E-state index in [9.17, 15) is 19.2 Å². The number of carbonyl (C=O) groups is 4. The SMILES string of the molecule is CC1=C(OC=O)C(=O)N(CC(=O)O)C(=O)/C1=C\C1CCCC1. The minimum absolute atomic E-state index is 0.0959. The molecular weight excluding hydrogens is 290 g/mol. The molecule has 0 unspecified atom stereocenters. The van der Waals surface area contributed by atoms with Crippen molar-refractivity contribution in [3.63, 3.8) is 0 Å². The van der Waals surface area contributed by atoms with E-state index in [1.807, 2.05) is 0 Å². The van der Waals surface area contributed by atoms with Crippen LogP contribution in [0.4, 0.5) is 0 Å². The highest BCUT2D eigenvalue weighted by Gasteiger charge is 2.38. The minimum Gasteiger partial charge on any atom is -0.480 e. The van der Waals surface area contributed by atoms with Crippen LogP contribution >= 0.6 is 0 Å². The standard InChI is InChI=1S/C15H17NO6/c1-9-11(6-10-4-2-3-5-10)14(20)16(7-12(18)19)15(21)13(9)22-8-17/h6,8,10H,2-5,7H2,1H3,(H,18,19)/b11-6-. The predicted octanol–water partition coefficient (Wildman–Crippen LogP) is 1.00. The second kappa shape index (κ2) is 6.55. The van der Waals surface area contributed by atoms with Gasteiger partial charge in [-0.15, -0.1) is 0 Å². The number of imide groups is 1. The number of hydrogen-bond acceptors (Lipinski definition) is 5. The smallest absolute Gasteiger partial charge is 0.323 e. The second-order valence-corrected chi connectivity index (χ2v) is 5.38. The maximum atomic E-state index is 12.4. The van der Waals surface area contributed by atoms with Crippen LogP contribution in [0, 0.1) is 5.92 Å². The summed E-state index contributed by atoms with van der Waals surface area (Å²) < 4.78 is 4.68. The fourth-order valence-corrected chi connectivity index (χ4v) is 2.83. The van der Waals surface area contributed by atoms with Gasteiger partial charge in [-0.25, -0.2) is 0 Å². The van der Waals surface area contributed by atoms with E-state index in [1.165, 1.54) is 6.92 Å². The van der Waals surface area contributed by atoms with Crippen LogP contribution in [-0.4, -0.2) is 40.8 Å². The van der Waals surface area contributed by atoms with Crippen molar-refractivity contribution in [2.75, 3.05) is 6.54 Å². The largest absolute Gasteiger partial charge is 0.480 e. The Labute approximate surface area is 127 Å². The summed E-state index contributed by atoms with van der Waals surface area (Å²) in [5.41, 5.74) is 0.514. The van der Waals surface area contributed by atoms with Gasteiger partial charge in [0, 0.05) is 11.1 Å². The number of allylic oxidation sites excluding steroid dienone is 1. The molecule has 1 heterocycles. The van der Waals surface area contributed by atoms with Gasteiger partial charge in [-0.1, -0.05) is 18.9 Å². The van der Waals surface area contributed by atoms with Crippen molar-refractivity contribution in [3.8, 4) is 0 Å². The summed E-state index contributed by atoms with van der Waals surface area (Å²) >= 11 is 0. The van der Waals surface area contributed by atoms with Crippen LogP contribution < -0.4 is 0 Å². The Hall–Kier alpha value is -2.44. The monoisotopic (exact) mass is 307 g/mol. The first kappa shape index (κ1) is 15.9. The van der Waals surface area contributed by atoms with Crippen molar-refractivity contribution in [1.29, 1.82) is 0 Å². The quantitative estimate of drug-likeness (QED) is 0.462. The average Bonchev–Trinajstić information content (AvgIpc) is 2.97. The van der Waals surface area contributed by atoms with Crippen molar-refractivity contribution >= 4 is 24.3 Å². The molecule has 0 aromatic heterocycles. The highest BCUT2D eigenvalue weighted by atomic mass is 16.5. The van der Waals surface area contributed by atoms with Crippen LogP contribution in [0.3, 0.4) is 0 Å². The molecular formula is C15H17NO6. The molecule has 2 rings (SSSR count). The van der Waals surface area contributed by atoms with Gasteiger partial charge >= 0.3 is 5.97 Å². The lowest BCUT2D eigenvalue weighted by Crippen LogP contribution is -2.46. The zero-order chi connectivity index (χ0) is 16.3. The Bertz CT molecular complexity index is 583. The summed E-state index contributed by atoms with van der Waals surface area (Å²) in [6, 6.07) is 0. The number of ether oxygens (including phenoxy) is 1. The molecule has 7 nitrogen and oxygen atoms in total. The van der Waals surface area contributed by atoms with Crippen molar-refractivity contribution in [2.45, 2.75) is 32.6 Å². The molecule has 2 aliphatic rings. The Morgan fingerprint density at radius 3 is 2.50 bits per heavy atom. The molecule has 2 amide bonds. The topological polar surface area (TPSA) is 101 Å². The van der Waals surface area contributed by atoms with E-state index >= 15 is 0 Å². The summed E-state index contributed by atoms with van der Waals surface area (Å²) in [4.78, 5) is 46.6. The maximum absolute atomic E-state index is 12.4. The van der Waals surface area contributed by atoms with Gasteiger partial charge in [0.1, 0.15) is 6.54 Å². The first-order chi connectivity index (χ1) is 10.5. The number of aliphatic carboxylic acids is 1. The Morgan fingerprint density at radius 2 is 1.95 bits per heavy atom. The van der Waals surface area contributed by atoms with Gasteiger partial charge in [0.15, 0.2) is 5.76 Å². The molecule has 7 heteroatoms. The van der Waals surface area contributed by atoms with Gasteiger partial charge in [-0.3, -0.25) is 24.1 Å². The molecule has 118 valence electrons. The highest BCUT2D eigenvalue weighted by molar-refractivity contribution is 6.17. The Kier molecular flexibility index (Phi) is 4.75. The van der Waals surface area contributed by atoms with Crippen molar-refractivity contribution < 1.29 is 29.0 Å². The third-order valence-corrected chi connectivity index (χ3v) is 3.92. The van der Waals surface area contributed by atoms with Crippen LogP contribution in [0.25, 0.3) is 0 Å². The summed E-state index contributed by atoms with van der Waals surface area (Å²) in [6.07, 6.45) is 5.80. The molecule has 0 bridgehead atoms. The van der Waals surface area contributed by atoms with E-state index in [2.05, 4.69) is 4.74 Å². The second-order valence-electron chi connectivity index (χ2n) is 5.38. The highest BCUT2D eigenvalue weighted by Crippen LogP contribution is 2.32. The zero-order valence-corrected chi connectivity index (χ0v) is 12.2. The molecule has 1 fully saturated rings. The summed E-state index contributed by atoms with van der Waals surface area (Å²) in [5, 5.41) is 8.86. The number of carboxylic acids is 1. The molecule has 22 heavy (non-hydrogen) atoms. The molecule has 0 radical (unpaired) electrons. The van der Waals surface area contributed by atoms with E-state index in [-0.39, 0.29) is 29.3 Å². The lowest BCUT2D eigenvalue weighted by molar-refractivity contribution is -0.152. The van der Waals surface area contributed by atoms with Crippen LogP contribution in [0.2, 0.25) is 0 Å². The van der Waals surface area contributed by atoms with Gasteiger partial charge in [0.2, 0.25) is 0 Å². The number of rotatable bonds is 5. The molecule has 1 aliphatic carbocycles. The summed E-state index contributed by atoms with van der Waals surface area (Å²) in [6.45, 7) is 0.852. The van der Waals surface area contributed by atoms with Gasteiger partial charge in [-0.05, 0) is 25.7 Å². The molecule has 0 atom stereocenters. The van der Waals surface area contributed by atoms with Crippen molar-refractivity contribution in [3.05, 3.63) is 23.0 Å². The minimum atomic E-state index is -1.31. The lowest BCUT2D eigenvalue weighted by Gasteiger charge is -2.27. The fourth-order valence-electron chi connectivity index (χ4n) is 2.83. The number of carbonyl (C=O) groups excluding carboxylic acids is 3. The maximum Gasteiger partial charge on any atom is 0.323 e. The van der Waals surface area contributed by atoms with Crippen molar-refractivity contribution in [2.24, 2.45) is 5.92 Å². The Morgan fingerprint density at radius 1 is 1.32 bits per heavy atom. The molecule has 1 N–H and O–H groups in total. The summed E-state index contributed by atoms with van der Waals surface area (Å²) in [7, 11) is 0. The van der Waals surface area contributed by atoms with Gasteiger partial charge < -0.3 is 9.84 Å². The molecule has 0 spiro atoms. The molecule has 0 saturated heterocycles. The normalized spacial score (nSPS) is 21.7. The zero-order valence-electron chi connectivity index (χ0n) is 12.2. The molecule has 1 aliphatic heterocycles. The van der Waals surface area contributed by atoms with Gasteiger partial charge in [0.25, 0.3) is 18.3 Å². The third-order valence-electron chi connectivity index (χ3n) is 3.92. The molecule has 0 aromatic carbocycles. The van der Waals surface area contributed by atoms with Crippen LogP contribution in [0.5, 0.6) is 0 Å². The van der Waals surface area contributed by atoms with Crippen LogP contribution in [-0.2, 0) is 23.9 Å². The number of carboxylic acid groups (broad SMARTS) is 1. The number of nitrogens with zero attached hydrogens (tertiary/aromatic N) is 1. The number of amides is 2. The average molecular weight is 307 g/mol. The number of hydrogen-bond donors (Lipinski definition) is 1. The van der Waals surface area contributed by atoms with Gasteiger partial charge in [-0.2, -0.15) is 0 Å². The van der Waals surface area contributed by atoms with Crippen LogP contribution in [0.1, 0.15) is 32.6 Å². The molecule has 1 saturated carbocycles. The van der Waals surface area contributed by atoms with E-state index < -0.39 is 24.3 Å². The van der Waals surface area contributed by atoms with Gasteiger partial charge in [0.05, 0.1) is 0 Å². The predicted molar refractivity (Wildman–Crippen MR) is 74.2 cm³/mol. The fraction of sp³-hybridized carbons (Fsp3) is 0.467.